The van der Waals surface area contributed by atoms with Crippen LogP contribution in [-0.4, -0.2) is 24.2 Å². The predicted molar refractivity (Wildman–Crippen MR) is 112 cm³/mol. The van der Waals surface area contributed by atoms with E-state index in [1.807, 2.05) is 30.3 Å². The number of rotatable bonds is 8. The molecule has 1 amide bonds. The van der Waals surface area contributed by atoms with Crippen LogP contribution in [0.1, 0.15) is 21.5 Å². The van der Waals surface area contributed by atoms with E-state index in [1.165, 1.54) is 30.5 Å². The van der Waals surface area contributed by atoms with E-state index in [-0.39, 0.29) is 11.3 Å². The van der Waals surface area contributed by atoms with Crippen molar-refractivity contribution in [3.05, 3.63) is 99.6 Å². The fourth-order valence-electron chi connectivity index (χ4n) is 2.59. The number of methoxy groups -OCH3 is 1. The molecule has 0 aliphatic heterocycles. The van der Waals surface area contributed by atoms with Gasteiger partial charge in [-0.15, -0.1) is 0 Å². The number of ether oxygens (including phenoxy) is 2. The molecule has 0 aliphatic carbocycles. The SMILES string of the molecule is COc1ccc(/C=N\NC(=O)c2ccc([N+](=O)[O-])cc2)cc1OCc1ccccc1. The van der Waals surface area contributed by atoms with Crippen molar-refractivity contribution in [2.45, 2.75) is 6.61 Å². The number of nitrogens with zero attached hydrogens (tertiary/aromatic N) is 2. The molecular weight excluding hydrogens is 386 g/mol. The first-order valence-electron chi connectivity index (χ1n) is 8.99. The molecule has 0 heterocycles. The largest absolute Gasteiger partial charge is 0.493 e. The van der Waals surface area contributed by atoms with Crippen LogP contribution in [0.4, 0.5) is 5.69 Å². The molecule has 3 aromatic rings. The van der Waals surface area contributed by atoms with Crippen molar-refractivity contribution in [3.8, 4) is 11.5 Å². The van der Waals surface area contributed by atoms with Gasteiger partial charge in [-0.3, -0.25) is 14.9 Å². The number of carbonyl (C=O) groups is 1. The maximum absolute atomic E-state index is 12.1. The Hall–Kier alpha value is -4.20. The van der Waals surface area contributed by atoms with E-state index in [0.29, 0.717) is 23.7 Å². The maximum atomic E-state index is 12.1. The van der Waals surface area contributed by atoms with Crippen molar-refractivity contribution in [2.75, 3.05) is 7.11 Å². The molecule has 0 saturated heterocycles. The first-order valence-corrected chi connectivity index (χ1v) is 8.99. The Morgan fingerprint density at radius 2 is 1.80 bits per heavy atom. The van der Waals surface area contributed by atoms with Crippen LogP contribution in [0.2, 0.25) is 0 Å². The third kappa shape index (κ3) is 5.41. The number of nitrogens with one attached hydrogen (secondary N) is 1. The Kier molecular flexibility index (Phi) is 6.73. The zero-order valence-electron chi connectivity index (χ0n) is 16.1. The lowest BCUT2D eigenvalue weighted by Crippen LogP contribution is -2.17. The summed E-state index contributed by atoms with van der Waals surface area (Å²) < 4.78 is 11.2. The Morgan fingerprint density at radius 1 is 1.07 bits per heavy atom. The van der Waals surface area contributed by atoms with E-state index in [1.54, 1.807) is 25.3 Å². The van der Waals surface area contributed by atoms with Crippen molar-refractivity contribution >= 4 is 17.8 Å². The maximum Gasteiger partial charge on any atom is 0.271 e. The molecule has 0 bridgehead atoms. The number of hydrogen-bond acceptors (Lipinski definition) is 6. The zero-order chi connectivity index (χ0) is 21.3. The molecule has 8 nitrogen and oxygen atoms in total. The van der Waals surface area contributed by atoms with Crippen LogP contribution in [-0.2, 0) is 6.61 Å². The number of amides is 1. The molecule has 0 radical (unpaired) electrons. The van der Waals surface area contributed by atoms with Gasteiger partial charge in [0.05, 0.1) is 18.2 Å². The normalized spacial score (nSPS) is 10.6. The van der Waals surface area contributed by atoms with Crippen LogP contribution in [0.15, 0.2) is 77.9 Å². The van der Waals surface area contributed by atoms with Gasteiger partial charge in [0, 0.05) is 17.7 Å². The summed E-state index contributed by atoms with van der Waals surface area (Å²) in [4.78, 5) is 22.3. The number of nitro groups is 1. The summed E-state index contributed by atoms with van der Waals surface area (Å²) in [5.74, 6) is 0.653. The summed E-state index contributed by atoms with van der Waals surface area (Å²) in [6.07, 6.45) is 1.47. The molecule has 3 rings (SSSR count). The molecule has 0 unspecified atom stereocenters. The van der Waals surface area contributed by atoms with E-state index in [2.05, 4.69) is 10.5 Å². The highest BCUT2D eigenvalue weighted by atomic mass is 16.6. The summed E-state index contributed by atoms with van der Waals surface area (Å²) in [7, 11) is 1.56. The topological polar surface area (TPSA) is 103 Å². The molecule has 8 heteroatoms. The van der Waals surface area contributed by atoms with Crippen LogP contribution in [0.3, 0.4) is 0 Å². The van der Waals surface area contributed by atoms with Crippen LogP contribution in [0.5, 0.6) is 11.5 Å². The van der Waals surface area contributed by atoms with Crippen molar-refractivity contribution in [3.63, 3.8) is 0 Å². The molecule has 1 N–H and O–H groups in total. The minimum absolute atomic E-state index is 0.0867. The number of hydrogen-bond donors (Lipinski definition) is 1. The van der Waals surface area contributed by atoms with Crippen molar-refractivity contribution in [1.29, 1.82) is 0 Å². The fourth-order valence-corrected chi connectivity index (χ4v) is 2.59. The van der Waals surface area contributed by atoms with Gasteiger partial charge >= 0.3 is 0 Å². The first-order chi connectivity index (χ1) is 14.6. The number of carbonyl (C=O) groups excluding carboxylic acids is 1. The third-order valence-electron chi connectivity index (χ3n) is 4.14. The number of hydrazone groups is 1. The summed E-state index contributed by atoms with van der Waals surface area (Å²) in [5, 5.41) is 14.6. The van der Waals surface area contributed by atoms with Gasteiger partial charge in [0.15, 0.2) is 11.5 Å². The van der Waals surface area contributed by atoms with E-state index < -0.39 is 10.8 Å². The van der Waals surface area contributed by atoms with Gasteiger partial charge in [-0.1, -0.05) is 30.3 Å². The standard InChI is InChI=1S/C22H19N3O5/c1-29-20-12-7-17(13-21(20)30-15-16-5-3-2-4-6-16)14-23-24-22(26)18-8-10-19(11-9-18)25(27)28/h2-14H,15H2,1H3,(H,24,26)/b23-14-. The van der Waals surface area contributed by atoms with Gasteiger partial charge in [-0.2, -0.15) is 5.10 Å². The highest BCUT2D eigenvalue weighted by molar-refractivity contribution is 5.95. The molecule has 0 saturated carbocycles. The van der Waals surface area contributed by atoms with Crippen LogP contribution < -0.4 is 14.9 Å². The van der Waals surface area contributed by atoms with Gasteiger partial charge < -0.3 is 9.47 Å². The highest BCUT2D eigenvalue weighted by Gasteiger charge is 2.09. The predicted octanol–water partition coefficient (Wildman–Crippen LogP) is 3.95. The third-order valence-corrected chi connectivity index (χ3v) is 4.14. The Bertz CT molecular complexity index is 1050. The van der Waals surface area contributed by atoms with Gasteiger partial charge in [0.1, 0.15) is 6.61 Å². The highest BCUT2D eigenvalue weighted by Crippen LogP contribution is 2.28. The Labute approximate surface area is 172 Å². The van der Waals surface area contributed by atoms with Crippen LogP contribution in [0.25, 0.3) is 0 Å². The molecule has 3 aromatic carbocycles. The lowest BCUT2D eigenvalue weighted by atomic mass is 10.2. The average molecular weight is 405 g/mol. The molecule has 0 aromatic heterocycles. The molecule has 152 valence electrons. The minimum Gasteiger partial charge on any atom is -0.493 e. The Balaban J connectivity index is 1.64. The molecule has 0 spiro atoms. The molecule has 30 heavy (non-hydrogen) atoms. The first kappa shape index (κ1) is 20.5. The number of nitro benzene ring substituents is 1. The van der Waals surface area contributed by atoms with E-state index >= 15 is 0 Å². The van der Waals surface area contributed by atoms with Crippen LogP contribution >= 0.6 is 0 Å². The van der Waals surface area contributed by atoms with Gasteiger partial charge in [0.25, 0.3) is 11.6 Å². The average Bonchev–Trinajstić information content (AvgIpc) is 2.78. The summed E-state index contributed by atoms with van der Waals surface area (Å²) in [5.41, 5.74) is 4.29. The molecule has 0 fully saturated rings. The minimum atomic E-state index is -0.527. The summed E-state index contributed by atoms with van der Waals surface area (Å²) in [6, 6.07) is 20.3. The second kappa shape index (κ2) is 9.83. The second-order valence-electron chi connectivity index (χ2n) is 6.19. The molecular formula is C22H19N3O5. The lowest BCUT2D eigenvalue weighted by molar-refractivity contribution is -0.384. The van der Waals surface area contributed by atoms with Crippen molar-refractivity contribution in [1.82, 2.24) is 5.43 Å². The second-order valence-corrected chi connectivity index (χ2v) is 6.19. The van der Waals surface area contributed by atoms with E-state index in [0.717, 1.165) is 5.56 Å². The van der Waals surface area contributed by atoms with Gasteiger partial charge in [-0.05, 0) is 41.5 Å². The van der Waals surface area contributed by atoms with E-state index in [4.69, 9.17) is 9.47 Å². The quantitative estimate of drug-likeness (QED) is 0.347. The molecule has 0 atom stereocenters. The van der Waals surface area contributed by atoms with Gasteiger partial charge in [0.2, 0.25) is 0 Å². The van der Waals surface area contributed by atoms with E-state index in [9.17, 15) is 14.9 Å². The van der Waals surface area contributed by atoms with Crippen molar-refractivity contribution in [2.24, 2.45) is 5.10 Å². The zero-order valence-corrected chi connectivity index (χ0v) is 16.1. The monoisotopic (exact) mass is 405 g/mol. The molecule has 0 aliphatic rings. The Morgan fingerprint density at radius 3 is 2.47 bits per heavy atom. The van der Waals surface area contributed by atoms with Crippen molar-refractivity contribution < 1.29 is 19.2 Å². The summed E-state index contributed by atoms with van der Waals surface area (Å²) in [6.45, 7) is 0.384. The lowest BCUT2D eigenvalue weighted by Gasteiger charge is -2.11. The smallest absolute Gasteiger partial charge is 0.271 e. The van der Waals surface area contributed by atoms with Gasteiger partial charge in [-0.25, -0.2) is 5.43 Å². The number of benzene rings is 3. The van der Waals surface area contributed by atoms with Crippen LogP contribution in [0, 0.1) is 10.1 Å². The number of non-ortho nitro benzene ring substituents is 1. The summed E-state index contributed by atoms with van der Waals surface area (Å²) >= 11 is 0. The fraction of sp³-hybridized carbons (Fsp3) is 0.0909.